The number of fused-ring (bicyclic) bond motifs is 3. The van der Waals surface area contributed by atoms with Gasteiger partial charge in [0.05, 0.1) is 12.7 Å². The van der Waals surface area contributed by atoms with E-state index < -0.39 is 6.10 Å². The Morgan fingerprint density at radius 1 is 1.22 bits per heavy atom. The van der Waals surface area contributed by atoms with Gasteiger partial charge in [0, 0.05) is 19.2 Å². The van der Waals surface area contributed by atoms with Gasteiger partial charge >= 0.3 is 0 Å². The lowest BCUT2D eigenvalue weighted by molar-refractivity contribution is 0.0587. The average molecular weight is 311 g/mol. The third-order valence-electron chi connectivity index (χ3n) is 4.18. The Balaban J connectivity index is 1.64. The van der Waals surface area contributed by atoms with Gasteiger partial charge in [0.1, 0.15) is 0 Å². The van der Waals surface area contributed by atoms with Gasteiger partial charge in [-0.1, -0.05) is 30.3 Å². The first-order valence-electron chi connectivity index (χ1n) is 7.85. The van der Waals surface area contributed by atoms with Crippen molar-refractivity contribution < 1.29 is 14.6 Å². The van der Waals surface area contributed by atoms with Crippen LogP contribution >= 0.6 is 0 Å². The van der Waals surface area contributed by atoms with Crippen LogP contribution in [0.15, 0.2) is 42.5 Å². The van der Waals surface area contributed by atoms with E-state index in [0.29, 0.717) is 18.5 Å². The van der Waals surface area contributed by atoms with Gasteiger partial charge in [-0.25, -0.2) is 0 Å². The second kappa shape index (κ2) is 6.94. The van der Waals surface area contributed by atoms with Crippen LogP contribution in [0.5, 0.6) is 0 Å². The molecule has 0 spiro atoms. The van der Waals surface area contributed by atoms with E-state index in [1.807, 2.05) is 30.3 Å². The molecule has 4 nitrogen and oxygen atoms in total. The maximum atomic E-state index is 12.2. The second-order valence-corrected chi connectivity index (χ2v) is 5.86. The molecule has 1 aliphatic carbocycles. The van der Waals surface area contributed by atoms with Crippen LogP contribution in [-0.4, -0.2) is 37.4 Å². The van der Waals surface area contributed by atoms with Gasteiger partial charge in [0.2, 0.25) is 0 Å². The smallest absolute Gasteiger partial charge is 0.251 e. The van der Waals surface area contributed by atoms with Gasteiger partial charge in [-0.05, 0) is 47.2 Å². The predicted molar refractivity (Wildman–Crippen MR) is 89.5 cm³/mol. The first kappa shape index (κ1) is 15.7. The topological polar surface area (TPSA) is 58.6 Å². The molecule has 1 atom stereocenters. The molecule has 2 aromatic carbocycles. The number of aliphatic hydroxyl groups excluding tert-OH is 1. The molecule has 0 saturated carbocycles. The van der Waals surface area contributed by atoms with Crippen LogP contribution in [0.2, 0.25) is 0 Å². The molecular formula is C19H21NO3. The van der Waals surface area contributed by atoms with Crippen LogP contribution in [-0.2, 0) is 11.2 Å². The van der Waals surface area contributed by atoms with Crippen molar-refractivity contribution in [1.82, 2.24) is 5.32 Å². The summed E-state index contributed by atoms with van der Waals surface area (Å²) in [5.74, 6) is -0.103. The number of benzene rings is 2. The Hall–Kier alpha value is -2.17. The largest absolute Gasteiger partial charge is 0.391 e. The fourth-order valence-corrected chi connectivity index (χ4v) is 3.02. The number of methoxy groups -OCH3 is 1. The van der Waals surface area contributed by atoms with Crippen LogP contribution in [0.4, 0.5) is 0 Å². The number of carbonyl (C=O) groups is 1. The molecule has 3 rings (SSSR count). The Labute approximate surface area is 136 Å². The van der Waals surface area contributed by atoms with E-state index in [-0.39, 0.29) is 12.5 Å². The number of nitrogens with one attached hydrogen (secondary N) is 1. The Bertz CT molecular complexity index is 712. The molecule has 0 aromatic heterocycles. The Morgan fingerprint density at radius 3 is 2.83 bits per heavy atom. The fraction of sp³-hybridized carbons (Fsp3) is 0.316. The Kier molecular flexibility index (Phi) is 4.74. The van der Waals surface area contributed by atoms with Gasteiger partial charge in [0.15, 0.2) is 0 Å². The SMILES string of the molecule is COCC(O)CCNC(=O)c1ccc2c(c1)Cc1ccccc1-2. The van der Waals surface area contributed by atoms with Crippen LogP contribution in [0.1, 0.15) is 27.9 Å². The molecule has 120 valence electrons. The van der Waals surface area contributed by atoms with Gasteiger partial charge in [-0.3, -0.25) is 4.79 Å². The summed E-state index contributed by atoms with van der Waals surface area (Å²) in [5.41, 5.74) is 5.64. The summed E-state index contributed by atoms with van der Waals surface area (Å²) >= 11 is 0. The highest BCUT2D eigenvalue weighted by Crippen LogP contribution is 2.36. The van der Waals surface area contributed by atoms with Crippen molar-refractivity contribution >= 4 is 5.91 Å². The molecule has 1 unspecified atom stereocenters. The zero-order valence-electron chi connectivity index (χ0n) is 13.2. The molecule has 0 heterocycles. The van der Waals surface area contributed by atoms with Crippen LogP contribution in [0, 0.1) is 0 Å². The molecule has 1 aliphatic rings. The normalized spacial score (nSPS) is 13.3. The van der Waals surface area contributed by atoms with Crippen molar-refractivity contribution in [3.63, 3.8) is 0 Å². The minimum atomic E-state index is -0.546. The van der Waals surface area contributed by atoms with Crippen molar-refractivity contribution in [1.29, 1.82) is 0 Å². The van der Waals surface area contributed by atoms with E-state index in [1.165, 1.54) is 22.3 Å². The van der Waals surface area contributed by atoms with Gasteiger partial charge < -0.3 is 15.2 Å². The molecule has 0 radical (unpaired) electrons. The Morgan fingerprint density at radius 2 is 2.00 bits per heavy atom. The lowest BCUT2D eigenvalue weighted by Gasteiger charge is -2.10. The number of aliphatic hydroxyl groups is 1. The number of hydrogen-bond donors (Lipinski definition) is 2. The highest BCUT2D eigenvalue weighted by Gasteiger charge is 2.19. The van der Waals surface area contributed by atoms with E-state index in [0.717, 1.165) is 6.42 Å². The maximum Gasteiger partial charge on any atom is 0.251 e. The zero-order valence-corrected chi connectivity index (χ0v) is 13.2. The summed E-state index contributed by atoms with van der Waals surface area (Å²) in [4.78, 5) is 12.2. The standard InChI is InChI=1S/C19H21NO3/c1-23-12-16(21)8-9-20-19(22)14-6-7-18-15(11-14)10-13-4-2-3-5-17(13)18/h2-7,11,16,21H,8-10,12H2,1H3,(H,20,22). The fourth-order valence-electron chi connectivity index (χ4n) is 3.02. The molecular weight excluding hydrogens is 290 g/mol. The molecule has 2 aromatic rings. The maximum absolute atomic E-state index is 12.2. The molecule has 1 amide bonds. The number of carbonyl (C=O) groups excluding carboxylic acids is 1. The average Bonchev–Trinajstić information content (AvgIpc) is 2.92. The van der Waals surface area contributed by atoms with Crippen molar-refractivity contribution in [3.8, 4) is 11.1 Å². The first-order chi connectivity index (χ1) is 11.2. The van der Waals surface area contributed by atoms with E-state index in [2.05, 4.69) is 17.4 Å². The molecule has 0 fully saturated rings. The third kappa shape index (κ3) is 3.44. The minimum Gasteiger partial charge on any atom is -0.391 e. The summed E-state index contributed by atoms with van der Waals surface area (Å²) in [6, 6.07) is 14.2. The molecule has 0 saturated heterocycles. The second-order valence-electron chi connectivity index (χ2n) is 5.86. The zero-order chi connectivity index (χ0) is 16.2. The summed E-state index contributed by atoms with van der Waals surface area (Å²) < 4.78 is 4.86. The molecule has 23 heavy (non-hydrogen) atoms. The molecule has 0 bridgehead atoms. The van der Waals surface area contributed by atoms with Crippen molar-refractivity contribution in [3.05, 3.63) is 59.2 Å². The summed E-state index contributed by atoms with van der Waals surface area (Å²) in [6.45, 7) is 0.716. The van der Waals surface area contributed by atoms with Crippen molar-refractivity contribution in [2.45, 2.75) is 18.9 Å². The van der Waals surface area contributed by atoms with E-state index in [1.54, 1.807) is 7.11 Å². The van der Waals surface area contributed by atoms with E-state index in [9.17, 15) is 9.90 Å². The highest BCUT2D eigenvalue weighted by atomic mass is 16.5. The van der Waals surface area contributed by atoms with Gasteiger partial charge in [-0.2, -0.15) is 0 Å². The summed E-state index contributed by atoms with van der Waals surface area (Å²) in [7, 11) is 1.55. The monoisotopic (exact) mass is 311 g/mol. The number of hydrogen-bond acceptors (Lipinski definition) is 3. The lowest BCUT2D eigenvalue weighted by Crippen LogP contribution is -2.28. The molecule has 0 aliphatic heterocycles. The number of ether oxygens (including phenoxy) is 1. The third-order valence-corrected chi connectivity index (χ3v) is 4.18. The van der Waals surface area contributed by atoms with Gasteiger partial charge in [0.25, 0.3) is 5.91 Å². The highest BCUT2D eigenvalue weighted by molar-refractivity contribution is 5.95. The van der Waals surface area contributed by atoms with Gasteiger partial charge in [-0.15, -0.1) is 0 Å². The summed E-state index contributed by atoms with van der Waals surface area (Å²) in [6.07, 6.45) is 0.810. The first-order valence-corrected chi connectivity index (χ1v) is 7.85. The summed E-state index contributed by atoms with van der Waals surface area (Å²) in [5, 5.41) is 12.4. The lowest BCUT2D eigenvalue weighted by atomic mass is 10.0. The molecule has 2 N–H and O–H groups in total. The van der Waals surface area contributed by atoms with Crippen molar-refractivity contribution in [2.75, 3.05) is 20.3 Å². The quantitative estimate of drug-likeness (QED) is 0.735. The minimum absolute atomic E-state index is 0.103. The van der Waals surface area contributed by atoms with Crippen LogP contribution in [0.25, 0.3) is 11.1 Å². The van der Waals surface area contributed by atoms with Crippen molar-refractivity contribution in [2.24, 2.45) is 0 Å². The number of amides is 1. The predicted octanol–water partition coefficient (Wildman–Crippen LogP) is 2.39. The molecule has 4 heteroatoms. The van der Waals surface area contributed by atoms with E-state index in [4.69, 9.17) is 4.74 Å². The van der Waals surface area contributed by atoms with Crippen LogP contribution < -0.4 is 5.32 Å². The van der Waals surface area contributed by atoms with Crippen LogP contribution in [0.3, 0.4) is 0 Å². The van der Waals surface area contributed by atoms with E-state index >= 15 is 0 Å². The number of rotatable bonds is 6.